The number of carboxylic acids is 1. The maximum absolute atomic E-state index is 14.8. The number of nitrogens with zero attached hydrogens (tertiary/aromatic N) is 3. The number of carboxylic acid groups (broad SMARTS) is 1. The lowest BCUT2D eigenvalue weighted by Crippen LogP contribution is -2.25. The number of benzene rings is 1. The van der Waals surface area contributed by atoms with Crippen molar-refractivity contribution in [3.8, 4) is 22.4 Å². The quantitative estimate of drug-likeness (QED) is 0.199. The number of aliphatic carboxylic acids is 1. The molecular formula is C21H19F4N7O4. The Kier molecular flexibility index (Phi) is 7.41. The highest BCUT2D eigenvalue weighted by Gasteiger charge is 2.38. The summed E-state index contributed by atoms with van der Waals surface area (Å²) in [5.74, 6) is -3.73. The fourth-order valence-corrected chi connectivity index (χ4v) is 3.08. The molecule has 190 valence electrons. The van der Waals surface area contributed by atoms with E-state index in [9.17, 15) is 22.4 Å². The summed E-state index contributed by atoms with van der Waals surface area (Å²) < 4.78 is 51.9. The van der Waals surface area contributed by atoms with Gasteiger partial charge in [-0.2, -0.15) is 18.3 Å². The number of aromatic amines is 1. The Balaban J connectivity index is 0.000000454. The molecule has 0 aliphatic rings. The third-order valence-corrected chi connectivity index (χ3v) is 4.75. The lowest BCUT2D eigenvalue weighted by Gasteiger charge is -2.11. The smallest absolute Gasteiger partial charge is 0.475 e. The molecule has 0 bridgehead atoms. The van der Waals surface area contributed by atoms with Gasteiger partial charge in [-0.3, -0.25) is 14.9 Å². The molecular weight excluding hydrogens is 490 g/mol. The molecule has 0 unspecified atom stereocenters. The van der Waals surface area contributed by atoms with Gasteiger partial charge in [0.15, 0.2) is 11.4 Å². The summed E-state index contributed by atoms with van der Waals surface area (Å²) in [6.45, 7) is 2.40. The van der Waals surface area contributed by atoms with Crippen molar-refractivity contribution in [3.63, 3.8) is 0 Å². The van der Waals surface area contributed by atoms with E-state index in [0.717, 1.165) is 12.5 Å². The standard InChI is InChI=1S/C19H18FN7O2.C2HF3O2/c1-2-3-23-19(28)11-4-10(13(20)5-14(11)21)16-15-17(29-27-18(15)22)12(8-24-16)9-6-25-26-7-9;3-2(4,5)1(6)7/h4-8H,2-3,21H2,1H3,(H2,22,27)(H,23,28)(H,25,26);(H,6,7). The van der Waals surface area contributed by atoms with Crippen molar-refractivity contribution < 1.29 is 36.8 Å². The predicted molar refractivity (Wildman–Crippen MR) is 120 cm³/mol. The van der Waals surface area contributed by atoms with Crippen molar-refractivity contribution >= 4 is 34.4 Å². The molecule has 1 amide bonds. The normalized spacial score (nSPS) is 11.1. The first kappa shape index (κ1) is 25.9. The summed E-state index contributed by atoms with van der Waals surface area (Å²) in [5.41, 5.74) is 13.9. The van der Waals surface area contributed by atoms with Crippen molar-refractivity contribution in [2.24, 2.45) is 0 Å². The van der Waals surface area contributed by atoms with E-state index >= 15 is 0 Å². The van der Waals surface area contributed by atoms with Crippen LogP contribution >= 0.6 is 0 Å². The Bertz CT molecular complexity index is 1400. The van der Waals surface area contributed by atoms with Gasteiger partial charge in [0.25, 0.3) is 5.91 Å². The molecule has 0 aliphatic heterocycles. The van der Waals surface area contributed by atoms with Crippen LogP contribution in [0.1, 0.15) is 23.7 Å². The van der Waals surface area contributed by atoms with Crippen molar-refractivity contribution in [3.05, 3.63) is 42.1 Å². The minimum Gasteiger partial charge on any atom is -0.475 e. The lowest BCUT2D eigenvalue weighted by atomic mass is 10.00. The van der Waals surface area contributed by atoms with Crippen LogP contribution in [0.25, 0.3) is 33.4 Å². The van der Waals surface area contributed by atoms with Gasteiger partial charge in [0.2, 0.25) is 0 Å². The lowest BCUT2D eigenvalue weighted by molar-refractivity contribution is -0.192. The molecule has 0 fully saturated rings. The molecule has 0 saturated carbocycles. The number of halogens is 4. The molecule has 0 spiro atoms. The van der Waals surface area contributed by atoms with Gasteiger partial charge in [0.1, 0.15) is 5.82 Å². The molecule has 3 aromatic heterocycles. The Morgan fingerprint density at radius 2 is 1.89 bits per heavy atom. The summed E-state index contributed by atoms with van der Waals surface area (Å²) in [7, 11) is 0. The molecule has 7 N–H and O–H groups in total. The number of carbonyl (C=O) groups is 2. The zero-order valence-corrected chi connectivity index (χ0v) is 18.5. The Morgan fingerprint density at radius 3 is 2.47 bits per heavy atom. The van der Waals surface area contributed by atoms with Gasteiger partial charge in [-0.15, -0.1) is 0 Å². The summed E-state index contributed by atoms with van der Waals surface area (Å²) in [6, 6.07) is 2.46. The third-order valence-electron chi connectivity index (χ3n) is 4.75. The van der Waals surface area contributed by atoms with Crippen LogP contribution in [0, 0.1) is 5.82 Å². The van der Waals surface area contributed by atoms with Crippen LogP contribution in [0.4, 0.5) is 29.1 Å². The first-order chi connectivity index (χ1) is 17.0. The molecule has 1 aromatic carbocycles. The third kappa shape index (κ3) is 5.34. The van der Waals surface area contributed by atoms with Crippen LogP contribution < -0.4 is 16.8 Å². The number of alkyl halides is 3. The van der Waals surface area contributed by atoms with Gasteiger partial charge in [-0.05, 0) is 18.6 Å². The van der Waals surface area contributed by atoms with Gasteiger partial charge < -0.3 is 26.4 Å². The molecule has 0 aliphatic carbocycles. The van der Waals surface area contributed by atoms with Crippen molar-refractivity contribution in [1.82, 2.24) is 25.7 Å². The van der Waals surface area contributed by atoms with E-state index in [2.05, 4.69) is 25.7 Å². The van der Waals surface area contributed by atoms with E-state index in [1.165, 1.54) is 12.3 Å². The van der Waals surface area contributed by atoms with Gasteiger partial charge in [-0.1, -0.05) is 12.1 Å². The van der Waals surface area contributed by atoms with Crippen molar-refractivity contribution in [1.29, 1.82) is 0 Å². The number of H-pyrrole nitrogens is 1. The van der Waals surface area contributed by atoms with E-state index in [0.29, 0.717) is 28.6 Å². The molecule has 36 heavy (non-hydrogen) atoms. The Hall–Kier alpha value is -4.69. The number of amides is 1. The van der Waals surface area contributed by atoms with Crippen LogP contribution in [0.5, 0.6) is 0 Å². The molecule has 4 rings (SSSR count). The zero-order chi connectivity index (χ0) is 26.6. The van der Waals surface area contributed by atoms with E-state index in [1.54, 1.807) is 12.4 Å². The number of hydrogen-bond donors (Lipinski definition) is 5. The number of nitrogens with one attached hydrogen (secondary N) is 2. The number of fused-ring (bicyclic) bond motifs is 1. The van der Waals surface area contributed by atoms with Crippen LogP contribution in [0.3, 0.4) is 0 Å². The van der Waals surface area contributed by atoms with Gasteiger partial charge in [0.05, 0.1) is 22.8 Å². The van der Waals surface area contributed by atoms with Crippen LogP contribution in [-0.2, 0) is 4.79 Å². The van der Waals surface area contributed by atoms with E-state index in [-0.39, 0.29) is 28.3 Å². The second kappa shape index (κ2) is 10.3. The fourth-order valence-electron chi connectivity index (χ4n) is 3.08. The molecule has 0 radical (unpaired) electrons. The second-order valence-electron chi connectivity index (χ2n) is 7.26. The number of hydrogen-bond acceptors (Lipinski definition) is 8. The van der Waals surface area contributed by atoms with Crippen LogP contribution in [0.2, 0.25) is 0 Å². The molecule has 0 saturated heterocycles. The highest BCUT2D eigenvalue weighted by molar-refractivity contribution is 6.06. The van der Waals surface area contributed by atoms with E-state index < -0.39 is 23.9 Å². The van der Waals surface area contributed by atoms with Gasteiger partial charge >= 0.3 is 12.1 Å². The highest BCUT2D eigenvalue weighted by Crippen LogP contribution is 2.38. The molecule has 11 nitrogen and oxygen atoms in total. The summed E-state index contributed by atoms with van der Waals surface area (Å²) in [4.78, 5) is 25.7. The van der Waals surface area contributed by atoms with Gasteiger partial charge in [0, 0.05) is 41.3 Å². The molecule has 0 atom stereocenters. The zero-order valence-electron chi connectivity index (χ0n) is 18.5. The average Bonchev–Trinajstić information content (AvgIpc) is 3.48. The average molecular weight is 509 g/mol. The number of rotatable bonds is 5. The molecule has 4 aromatic rings. The minimum atomic E-state index is -5.08. The number of nitrogen functional groups attached to an aromatic ring is 2. The highest BCUT2D eigenvalue weighted by atomic mass is 19.4. The fraction of sp³-hybridized carbons (Fsp3) is 0.190. The maximum atomic E-state index is 14.8. The number of nitrogens with two attached hydrogens (primary N) is 2. The van der Waals surface area contributed by atoms with Crippen molar-refractivity contribution in [2.45, 2.75) is 19.5 Å². The summed E-state index contributed by atoms with van der Waals surface area (Å²) in [6.07, 6.45) is 0.442. The number of carbonyl (C=O) groups excluding carboxylic acids is 1. The summed E-state index contributed by atoms with van der Waals surface area (Å²) in [5, 5.41) is 20.6. The largest absolute Gasteiger partial charge is 0.490 e. The number of anilines is 2. The maximum Gasteiger partial charge on any atom is 0.490 e. The van der Waals surface area contributed by atoms with Crippen LogP contribution in [-0.4, -0.2) is 50.0 Å². The minimum absolute atomic E-state index is 0.0319. The Labute approximate surface area is 199 Å². The van der Waals surface area contributed by atoms with Crippen LogP contribution in [0.15, 0.2) is 35.2 Å². The van der Waals surface area contributed by atoms with E-state index in [4.69, 9.17) is 25.9 Å². The first-order valence-corrected chi connectivity index (χ1v) is 10.2. The molecule has 3 heterocycles. The van der Waals surface area contributed by atoms with Gasteiger partial charge in [-0.25, -0.2) is 9.18 Å². The first-order valence-electron chi connectivity index (χ1n) is 10.2. The number of pyridine rings is 1. The molecule has 15 heteroatoms. The van der Waals surface area contributed by atoms with E-state index in [1.807, 2.05) is 6.92 Å². The monoisotopic (exact) mass is 509 g/mol. The Morgan fingerprint density at radius 1 is 1.19 bits per heavy atom. The second-order valence-corrected chi connectivity index (χ2v) is 7.26. The van der Waals surface area contributed by atoms with Crippen molar-refractivity contribution in [2.75, 3.05) is 18.0 Å². The number of aromatic nitrogens is 4. The topological polar surface area (TPSA) is 186 Å². The SMILES string of the molecule is CCCNC(=O)c1cc(-c2ncc(-c3cn[nH]c3)c3onc(N)c23)c(F)cc1N.O=C(O)C(F)(F)F. The predicted octanol–water partition coefficient (Wildman–Crippen LogP) is 3.36. The summed E-state index contributed by atoms with van der Waals surface area (Å²) >= 11 is 0.